The lowest BCUT2D eigenvalue weighted by atomic mass is 10.1. The second-order valence-electron chi connectivity index (χ2n) is 4.67. The SMILES string of the molecule is Cc1ccc(S[C@@H](Cc2cccc(Cl)c2Cl)C(=O)O)cc1. The molecule has 5 heteroatoms. The van der Waals surface area contributed by atoms with Crippen LogP contribution >= 0.6 is 35.0 Å². The first-order chi connectivity index (χ1) is 9.97. The van der Waals surface area contributed by atoms with E-state index in [-0.39, 0.29) is 0 Å². The van der Waals surface area contributed by atoms with Crippen LogP contribution in [0.15, 0.2) is 47.4 Å². The molecule has 0 aliphatic heterocycles. The molecular formula is C16H14Cl2O2S. The van der Waals surface area contributed by atoms with Crippen molar-refractivity contribution in [1.29, 1.82) is 0 Å². The molecule has 0 heterocycles. The van der Waals surface area contributed by atoms with Crippen LogP contribution < -0.4 is 0 Å². The number of carboxylic acids is 1. The summed E-state index contributed by atoms with van der Waals surface area (Å²) in [5.74, 6) is -0.864. The van der Waals surface area contributed by atoms with Crippen molar-refractivity contribution in [3.63, 3.8) is 0 Å². The summed E-state index contributed by atoms with van der Waals surface area (Å²) in [4.78, 5) is 12.4. The predicted octanol–water partition coefficient (Wildman–Crippen LogP) is 5.09. The van der Waals surface area contributed by atoms with Crippen molar-refractivity contribution in [3.05, 3.63) is 63.6 Å². The number of aryl methyl sites for hydroxylation is 1. The molecule has 0 bridgehead atoms. The van der Waals surface area contributed by atoms with Gasteiger partial charge in [0.1, 0.15) is 5.25 Å². The molecule has 21 heavy (non-hydrogen) atoms. The van der Waals surface area contributed by atoms with Gasteiger partial charge in [0.15, 0.2) is 0 Å². The van der Waals surface area contributed by atoms with E-state index in [1.54, 1.807) is 18.2 Å². The molecule has 2 rings (SSSR count). The van der Waals surface area contributed by atoms with Crippen LogP contribution in [-0.2, 0) is 11.2 Å². The number of carboxylic acid groups (broad SMARTS) is 1. The van der Waals surface area contributed by atoms with Gasteiger partial charge >= 0.3 is 5.97 Å². The summed E-state index contributed by atoms with van der Waals surface area (Å²) in [6.07, 6.45) is 0.327. The third kappa shape index (κ3) is 4.40. The van der Waals surface area contributed by atoms with Gasteiger partial charge in [-0.1, -0.05) is 53.0 Å². The van der Waals surface area contributed by atoms with E-state index >= 15 is 0 Å². The Kier molecular flexibility index (Phi) is 5.57. The van der Waals surface area contributed by atoms with Gasteiger partial charge in [-0.3, -0.25) is 4.79 Å². The first-order valence-electron chi connectivity index (χ1n) is 6.36. The summed E-state index contributed by atoms with van der Waals surface area (Å²) in [7, 11) is 0. The highest BCUT2D eigenvalue weighted by Gasteiger charge is 2.21. The molecule has 0 fully saturated rings. The van der Waals surface area contributed by atoms with Gasteiger partial charge in [0, 0.05) is 4.90 Å². The first kappa shape index (κ1) is 16.2. The highest BCUT2D eigenvalue weighted by molar-refractivity contribution is 8.00. The van der Waals surface area contributed by atoms with Crippen LogP contribution in [0.1, 0.15) is 11.1 Å². The van der Waals surface area contributed by atoms with E-state index in [0.717, 1.165) is 16.0 Å². The van der Waals surface area contributed by atoms with Crippen molar-refractivity contribution in [2.45, 2.75) is 23.5 Å². The number of benzene rings is 2. The lowest BCUT2D eigenvalue weighted by molar-refractivity contribution is -0.136. The quantitative estimate of drug-likeness (QED) is 0.770. The minimum atomic E-state index is -0.864. The fourth-order valence-corrected chi connectivity index (χ4v) is 3.25. The van der Waals surface area contributed by atoms with Gasteiger partial charge in [-0.05, 0) is 37.1 Å². The van der Waals surface area contributed by atoms with Gasteiger partial charge in [-0.25, -0.2) is 0 Å². The molecule has 110 valence electrons. The van der Waals surface area contributed by atoms with Crippen LogP contribution in [0.4, 0.5) is 0 Å². The van der Waals surface area contributed by atoms with Gasteiger partial charge in [0.25, 0.3) is 0 Å². The molecule has 0 unspecified atom stereocenters. The molecule has 0 saturated carbocycles. The minimum absolute atomic E-state index is 0.327. The molecule has 0 aliphatic rings. The zero-order chi connectivity index (χ0) is 15.4. The zero-order valence-corrected chi connectivity index (χ0v) is 13.7. The molecule has 0 amide bonds. The number of halogens is 2. The van der Waals surface area contributed by atoms with Crippen LogP contribution in [0.5, 0.6) is 0 Å². The Bertz CT molecular complexity index is 641. The molecule has 1 atom stereocenters. The smallest absolute Gasteiger partial charge is 0.317 e. The molecule has 0 saturated heterocycles. The third-order valence-electron chi connectivity index (χ3n) is 3.01. The van der Waals surface area contributed by atoms with Gasteiger partial charge in [-0.2, -0.15) is 0 Å². The number of hydrogen-bond donors (Lipinski definition) is 1. The topological polar surface area (TPSA) is 37.3 Å². The van der Waals surface area contributed by atoms with Crippen molar-refractivity contribution < 1.29 is 9.90 Å². The summed E-state index contributed by atoms with van der Waals surface area (Å²) >= 11 is 13.4. The number of hydrogen-bond acceptors (Lipinski definition) is 2. The molecular weight excluding hydrogens is 327 g/mol. The average molecular weight is 341 g/mol. The van der Waals surface area contributed by atoms with E-state index in [0.29, 0.717) is 16.5 Å². The Hall–Kier alpha value is -1.16. The third-order valence-corrected chi connectivity index (χ3v) is 5.07. The Morgan fingerprint density at radius 1 is 1.19 bits per heavy atom. The molecule has 2 aromatic rings. The van der Waals surface area contributed by atoms with E-state index in [9.17, 15) is 9.90 Å². The molecule has 1 N–H and O–H groups in total. The highest BCUT2D eigenvalue weighted by atomic mass is 35.5. The maximum absolute atomic E-state index is 11.5. The van der Waals surface area contributed by atoms with E-state index in [1.165, 1.54) is 11.8 Å². The van der Waals surface area contributed by atoms with Crippen LogP contribution in [0.3, 0.4) is 0 Å². The van der Waals surface area contributed by atoms with Crippen molar-refractivity contribution >= 4 is 40.9 Å². The van der Waals surface area contributed by atoms with Crippen LogP contribution in [-0.4, -0.2) is 16.3 Å². The second-order valence-corrected chi connectivity index (χ2v) is 6.74. The Balaban J connectivity index is 2.18. The second kappa shape index (κ2) is 7.21. The summed E-state index contributed by atoms with van der Waals surface area (Å²) in [6, 6.07) is 13.1. The van der Waals surface area contributed by atoms with Crippen molar-refractivity contribution in [2.24, 2.45) is 0 Å². The minimum Gasteiger partial charge on any atom is -0.480 e. The van der Waals surface area contributed by atoms with Gasteiger partial charge in [-0.15, -0.1) is 11.8 Å². The van der Waals surface area contributed by atoms with Gasteiger partial charge in [0.05, 0.1) is 10.0 Å². The summed E-state index contributed by atoms with van der Waals surface area (Å²) in [5.41, 5.74) is 1.89. The van der Waals surface area contributed by atoms with E-state index < -0.39 is 11.2 Å². The molecule has 0 aliphatic carbocycles. The van der Waals surface area contributed by atoms with Crippen LogP contribution in [0, 0.1) is 6.92 Å². The molecule has 0 radical (unpaired) electrons. The molecule has 2 nitrogen and oxygen atoms in total. The molecule has 0 spiro atoms. The fourth-order valence-electron chi connectivity index (χ4n) is 1.87. The van der Waals surface area contributed by atoms with Crippen LogP contribution in [0.2, 0.25) is 10.0 Å². The highest BCUT2D eigenvalue weighted by Crippen LogP contribution is 2.31. The Morgan fingerprint density at radius 2 is 1.86 bits per heavy atom. The van der Waals surface area contributed by atoms with Crippen molar-refractivity contribution in [2.75, 3.05) is 0 Å². The van der Waals surface area contributed by atoms with E-state index in [1.807, 2.05) is 31.2 Å². The van der Waals surface area contributed by atoms with Crippen molar-refractivity contribution in [1.82, 2.24) is 0 Å². The summed E-state index contributed by atoms with van der Waals surface area (Å²) < 4.78 is 0. The normalized spacial score (nSPS) is 12.1. The number of rotatable bonds is 5. The number of thioether (sulfide) groups is 1. The van der Waals surface area contributed by atoms with Gasteiger partial charge in [0.2, 0.25) is 0 Å². The molecule has 2 aromatic carbocycles. The molecule has 0 aromatic heterocycles. The summed E-state index contributed by atoms with van der Waals surface area (Å²) in [6.45, 7) is 1.99. The van der Waals surface area contributed by atoms with Crippen molar-refractivity contribution in [3.8, 4) is 0 Å². The zero-order valence-electron chi connectivity index (χ0n) is 11.3. The monoisotopic (exact) mass is 340 g/mol. The summed E-state index contributed by atoms with van der Waals surface area (Å²) in [5, 5.41) is 9.68. The van der Waals surface area contributed by atoms with E-state index in [2.05, 4.69) is 0 Å². The Labute approximate surface area is 138 Å². The predicted molar refractivity (Wildman–Crippen MR) is 88.6 cm³/mol. The average Bonchev–Trinajstić information content (AvgIpc) is 2.45. The lowest BCUT2D eigenvalue weighted by Crippen LogP contribution is -2.19. The largest absolute Gasteiger partial charge is 0.480 e. The lowest BCUT2D eigenvalue weighted by Gasteiger charge is -2.14. The van der Waals surface area contributed by atoms with E-state index in [4.69, 9.17) is 23.2 Å². The number of aliphatic carboxylic acids is 1. The standard InChI is InChI=1S/C16H14Cl2O2S/c1-10-5-7-12(8-6-10)21-14(16(19)20)9-11-3-2-4-13(17)15(11)18/h2-8,14H,9H2,1H3,(H,19,20)/t14-/m0/s1. The van der Waals surface area contributed by atoms with Gasteiger partial charge < -0.3 is 5.11 Å². The first-order valence-corrected chi connectivity index (χ1v) is 8.00. The Morgan fingerprint density at radius 3 is 2.48 bits per heavy atom. The van der Waals surface area contributed by atoms with Crippen LogP contribution in [0.25, 0.3) is 0 Å². The maximum Gasteiger partial charge on any atom is 0.317 e. The maximum atomic E-state index is 11.5. The number of carbonyl (C=O) groups is 1. The fraction of sp³-hybridized carbons (Fsp3) is 0.188.